The topological polar surface area (TPSA) is 0 Å². The van der Waals surface area contributed by atoms with Crippen molar-refractivity contribution in [2.45, 2.75) is 145 Å². The van der Waals surface area contributed by atoms with Gasteiger partial charge in [-0.1, -0.05) is 179 Å². The van der Waals surface area contributed by atoms with E-state index in [1.165, 1.54) is 51.8 Å². The number of unbranched alkanes of at least 4 members (excludes halogenated alkanes) is 1. The van der Waals surface area contributed by atoms with Gasteiger partial charge in [-0.15, -0.1) is 5.19 Å². The summed E-state index contributed by atoms with van der Waals surface area (Å²) in [6, 6.07) is 30.8. The van der Waals surface area contributed by atoms with Crippen LogP contribution in [-0.4, -0.2) is 8.07 Å². The Morgan fingerprint density at radius 2 is 0.760 bits per heavy atom. The van der Waals surface area contributed by atoms with Gasteiger partial charge in [-0.05, 0) is 68.9 Å². The number of rotatable bonds is 13. The molecule has 4 aromatic rings. The van der Waals surface area contributed by atoms with Crippen LogP contribution in [0.3, 0.4) is 0 Å². The predicted molar refractivity (Wildman–Crippen MR) is 209 cm³/mol. The van der Waals surface area contributed by atoms with E-state index in [4.69, 9.17) is 0 Å². The summed E-state index contributed by atoms with van der Waals surface area (Å²) in [6.45, 7) is 30.7. The number of halogens is 3. The van der Waals surface area contributed by atoms with Gasteiger partial charge in [0.15, 0.2) is 0 Å². The monoisotopic (exact) mass is 784 g/mol. The van der Waals surface area contributed by atoms with Crippen LogP contribution in [0.5, 0.6) is 0 Å². The molecular formula is C45H63Cl3SiTi. The number of benzene rings is 3. The molecule has 0 spiro atoms. The smallest absolute Gasteiger partial charge is 1.00 e. The molecule has 0 saturated heterocycles. The van der Waals surface area contributed by atoms with Crippen molar-refractivity contribution in [2.24, 2.45) is 0 Å². The maximum atomic E-state index is 2.62. The zero-order chi connectivity index (χ0) is 33.9. The van der Waals surface area contributed by atoms with Gasteiger partial charge < -0.3 is 37.2 Å². The van der Waals surface area contributed by atoms with Crippen LogP contribution in [0.4, 0.5) is 0 Å². The van der Waals surface area contributed by atoms with Crippen LogP contribution in [0.15, 0.2) is 72.8 Å². The van der Waals surface area contributed by atoms with Crippen LogP contribution in [-0.2, 0) is 28.1 Å². The van der Waals surface area contributed by atoms with E-state index in [-0.39, 0.29) is 58.9 Å². The zero-order valence-corrected chi connectivity index (χ0v) is 38.0. The van der Waals surface area contributed by atoms with Gasteiger partial charge in [0, 0.05) is 0 Å². The van der Waals surface area contributed by atoms with Crippen molar-refractivity contribution in [1.82, 2.24) is 0 Å². The van der Waals surface area contributed by atoms with Gasteiger partial charge >= 0.3 is 21.7 Å². The second kappa shape index (κ2) is 20.9. The molecular weight excluding hydrogens is 723 g/mol. The molecule has 272 valence electrons. The quantitative estimate of drug-likeness (QED) is 0.111. The van der Waals surface area contributed by atoms with Gasteiger partial charge in [-0.3, -0.25) is 0 Å². The SMILES string of the molecule is CCCCc1cc[c-]([Si](c2cc(C(C)C)cc(C(C)C)c2)(c2cc(C(C)C)cc(C(C)C)c2)c2cc(C(C)C)cc(C(C)C)c2)c1.[Cl-].[Cl-].[Cl-].[Ti+4]. The summed E-state index contributed by atoms with van der Waals surface area (Å²) in [4.78, 5) is 0. The Labute approximate surface area is 341 Å². The van der Waals surface area contributed by atoms with E-state index in [1.807, 2.05) is 0 Å². The molecule has 0 N–H and O–H groups in total. The molecule has 0 amide bonds. The molecule has 0 aliphatic heterocycles. The molecule has 0 aliphatic carbocycles. The second-order valence-electron chi connectivity index (χ2n) is 16.0. The molecule has 0 bridgehead atoms. The normalized spacial score (nSPS) is 11.6. The fraction of sp³-hybridized carbons (Fsp3) is 0.489. The Balaban J connectivity index is 0.00000600. The van der Waals surface area contributed by atoms with Gasteiger partial charge in [-0.2, -0.15) is 17.7 Å². The number of hydrogen-bond acceptors (Lipinski definition) is 0. The van der Waals surface area contributed by atoms with Gasteiger partial charge in [0.1, 0.15) is 8.07 Å². The Bertz CT molecular complexity index is 1380. The molecule has 0 heterocycles. The average molecular weight is 786 g/mol. The third-order valence-corrected chi connectivity index (χ3v) is 14.9. The van der Waals surface area contributed by atoms with E-state index < -0.39 is 8.07 Å². The first-order chi connectivity index (χ1) is 21.7. The molecule has 0 aliphatic rings. The summed E-state index contributed by atoms with van der Waals surface area (Å²) in [5.41, 5.74) is 10.3. The summed E-state index contributed by atoms with van der Waals surface area (Å²) in [6.07, 6.45) is 3.61. The molecule has 0 unspecified atom stereocenters. The van der Waals surface area contributed by atoms with Crippen LogP contribution in [0.25, 0.3) is 0 Å². The first-order valence-electron chi connectivity index (χ1n) is 18.4. The molecule has 4 aromatic carbocycles. The molecule has 0 nitrogen and oxygen atoms in total. The standard InChI is InChI=1S/C45H63Si.3ClH.Ti/c1-14-15-16-35-17-18-42(19-35)46(43-23-36(29(2)3)20-37(24-43)30(4)5,44-25-38(31(6)7)21-39(26-44)32(8)9)45-27-40(33(10)11)22-41(28-45)34(12)13;;;;/h17-34H,14-16H2,1-13H3;3*1H;/q-1;;;;+4/p-3. The largest absolute Gasteiger partial charge is 4.00 e. The van der Waals surface area contributed by atoms with Crippen molar-refractivity contribution in [3.8, 4) is 0 Å². The summed E-state index contributed by atoms with van der Waals surface area (Å²) in [5.74, 6) is 2.78. The van der Waals surface area contributed by atoms with Crippen molar-refractivity contribution >= 4 is 28.8 Å². The maximum absolute atomic E-state index is 2.78. The molecule has 0 saturated carbocycles. The molecule has 0 fully saturated rings. The van der Waals surface area contributed by atoms with Gasteiger partial charge in [0.2, 0.25) is 0 Å². The Kier molecular flexibility index (Phi) is 20.4. The van der Waals surface area contributed by atoms with E-state index in [1.54, 1.807) is 20.7 Å². The van der Waals surface area contributed by atoms with E-state index in [9.17, 15) is 0 Å². The van der Waals surface area contributed by atoms with Crippen LogP contribution in [0, 0.1) is 0 Å². The number of hydrogen-bond donors (Lipinski definition) is 0. The molecule has 5 heteroatoms. The van der Waals surface area contributed by atoms with Crippen molar-refractivity contribution < 1.29 is 58.9 Å². The Morgan fingerprint density at radius 1 is 0.480 bits per heavy atom. The van der Waals surface area contributed by atoms with Gasteiger partial charge in [-0.25, -0.2) is 6.07 Å². The van der Waals surface area contributed by atoms with Gasteiger partial charge in [0.05, 0.1) is 0 Å². The molecule has 0 aromatic heterocycles. The summed E-state index contributed by atoms with van der Waals surface area (Å²) in [5, 5.41) is 6.17. The minimum atomic E-state index is -2.78. The average Bonchev–Trinajstić information content (AvgIpc) is 3.48. The number of aryl methyl sites for hydroxylation is 1. The minimum Gasteiger partial charge on any atom is -1.00 e. The van der Waals surface area contributed by atoms with Crippen LogP contribution in [0.2, 0.25) is 0 Å². The third-order valence-electron chi connectivity index (χ3n) is 10.3. The van der Waals surface area contributed by atoms with E-state index >= 15 is 0 Å². The van der Waals surface area contributed by atoms with Crippen molar-refractivity contribution in [3.05, 3.63) is 112 Å². The molecule has 0 radical (unpaired) electrons. The summed E-state index contributed by atoms with van der Waals surface area (Å²) >= 11 is 0. The fourth-order valence-electron chi connectivity index (χ4n) is 6.94. The van der Waals surface area contributed by atoms with Crippen LogP contribution in [0.1, 0.15) is 177 Å². The van der Waals surface area contributed by atoms with Gasteiger partial charge in [0.25, 0.3) is 0 Å². The van der Waals surface area contributed by atoms with Crippen molar-refractivity contribution in [1.29, 1.82) is 0 Å². The first-order valence-corrected chi connectivity index (χ1v) is 20.4. The van der Waals surface area contributed by atoms with Crippen molar-refractivity contribution in [3.63, 3.8) is 0 Å². The van der Waals surface area contributed by atoms with E-state index in [2.05, 4.69) is 163 Å². The zero-order valence-electron chi connectivity index (χ0n) is 33.1. The van der Waals surface area contributed by atoms with Crippen molar-refractivity contribution in [2.75, 3.05) is 0 Å². The summed E-state index contributed by atoms with van der Waals surface area (Å²) < 4.78 is 0. The van der Waals surface area contributed by atoms with Crippen LogP contribution < -0.4 is 58.0 Å². The maximum Gasteiger partial charge on any atom is 4.00 e. The molecule has 4 rings (SSSR count). The third kappa shape index (κ3) is 10.7. The Morgan fingerprint density at radius 3 is 1.00 bits per heavy atom. The Hall–Kier alpha value is -1.19. The fourth-order valence-corrected chi connectivity index (χ4v) is 12.0. The summed E-state index contributed by atoms with van der Waals surface area (Å²) in [7, 11) is -2.78. The second-order valence-corrected chi connectivity index (χ2v) is 19.8. The van der Waals surface area contributed by atoms with Crippen LogP contribution >= 0.6 is 0 Å². The minimum absolute atomic E-state index is 0. The predicted octanol–water partition coefficient (Wildman–Crippen LogP) is 1.88. The first kappa shape index (κ1) is 48.8. The van der Waals surface area contributed by atoms with E-state index in [0.29, 0.717) is 35.5 Å². The molecule has 0 atom stereocenters. The molecule has 50 heavy (non-hydrogen) atoms. The van der Waals surface area contributed by atoms with E-state index in [0.717, 1.165) is 6.42 Å².